The molecule has 2 heterocycles. The fourth-order valence-corrected chi connectivity index (χ4v) is 3.32. The van der Waals surface area contributed by atoms with Crippen LogP contribution in [0.4, 0.5) is 10.1 Å². The van der Waals surface area contributed by atoms with Gasteiger partial charge in [0, 0.05) is 18.8 Å². The summed E-state index contributed by atoms with van der Waals surface area (Å²) >= 11 is 0.828. The van der Waals surface area contributed by atoms with E-state index in [1.807, 2.05) is 0 Å². The first kappa shape index (κ1) is 17.9. The predicted octanol–water partition coefficient (Wildman–Crippen LogP) is 1.87. The highest BCUT2D eigenvalue weighted by Gasteiger charge is 2.30. The molecule has 2 N–H and O–H groups in total. The average Bonchev–Trinajstić information content (AvgIpc) is 3.13. The summed E-state index contributed by atoms with van der Waals surface area (Å²) in [5.41, 5.74) is 0.389. The average molecular weight is 378 g/mol. The van der Waals surface area contributed by atoms with Gasteiger partial charge in [0.05, 0.1) is 5.92 Å². The van der Waals surface area contributed by atoms with E-state index in [-0.39, 0.29) is 16.6 Å². The van der Waals surface area contributed by atoms with Crippen molar-refractivity contribution in [2.45, 2.75) is 12.8 Å². The summed E-state index contributed by atoms with van der Waals surface area (Å²) in [6.07, 6.45) is 1.12. The van der Waals surface area contributed by atoms with Crippen molar-refractivity contribution in [2.24, 2.45) is 5.92 Å². The minimum atomic E-state index is -0.931. The van der Waals surface area contributed by atoms with Crippen molar-refractivity contribution in [2.75, 3.05) is 18.4 Å². The van der Waals surface area contributed by atoms with Crippen molar-refractivity contribution >= 4 is 34.8 Å². The quantitative estimate of drug-likeness (QED) is 0.840. The summed E-state index contributed by atoms with van der Waals surface area (Å²) in [6, 6.07) is 5.22. The Morgan fingerprint density at radius 2 is 1.88 bits per heavy atom. The third-order valence-corrected chi connectivity index (χ3v) is 4.87. The van der Waals surface area contributed by atoms with Crippen LogP contribution in [0.5, 0.6) is 0 Å². The molecule has 1 unspecified atom stereocenters. The number of nitrogens with zero attached hydrogens (tertiary/aromatic N) is 3. The number of amides is 2. The second kappa shape index (κ2) is 7.56. The molecule has 1 aromatic carbocycles. The Morgan fingerprint density at radius 3 is 2.58 bits per heavy atom. The number of halogens is 1. The van der Waals surface area contributed by atoms with Crippen LogP contribution >= 0.6 is 11.3 Å². The molecule has 0 radical (unpaired) electrons. The Labute approximate surface area is 151 Å². The van der Waals surface area contributed by atoms with Crippen molar-refractivity contribution in [1.29, 1.82) is 0 Å². The summed E-state index contributed by atoms with van der Waals surface area (Å²) in [4.78, 5) is 37.1. The number of piperidine rings is 1. The molecule has 1 saturated heterocycles. The highest BCUT2D eigenvalue weighted by molar-refractivity contribution is 7.15. The monoisotopic (exact) mass is 378 g/mol. The number of aliphatic carboxylic acids is 1. The van der Waals surface area contributed by atoms with Crippen LogP contribution in [-0.2, 0) is 4.79 Å². The predicted molar refractivity (Wildman–Crippen MR) is 90.5 cm³/mol. The van der Waals surface area contributed by atoms with E-state index in [9.17, 15) is 18.8 Å². The maximum atomic E-state index is 12.9. The standard InChI is InChI=1S/C16H15FN4O4S/c17-10-3-5-11(6-4-10)18-12(22)13-19-20-14(26-13)15(23)21-7-1-2-9(8-21)16(24)25/h3-6,9H,1-2,7-8H2,(H,18,22)(H,24,25). The molecule has 136 valence electrons. The van der Waals surface area contributed by atoms with E-state index in [4.69, 9.17) is 5.11 Å². The molecule has 26 heavy (non-hydrogen) atoms. The fourth-order valence-electron chi connectivity index (χ4n) is 2.62. The maximum Gasteiger partial charge on any atom is 0.308 e. The Kier molecular flexibility index (Phi) is 5.21. The number of anilines is 1. The Bertz CT molecular complexity index is 839. The third-order valence-electron chi connectivity index (χ3n) is 3.96. The number of likely N-dealkylation sites (tertiary alicyclic amines) is 1. The van der Waals surface area contributed by atoms with E-state index < -0.39 is 29.5 Å². The summed E-state index contributed by atoms with van der Waals surface area (Å²) in [5.74, 6) is -2.95. The number of hydrogen-bond acceptors (Lipinski definition) is 6. The van der Waals surface area contributed by atoms with Gasteiger partial charge in [-0.15, -0.1) is 10.2 Å². The lowest BCUT2D eigenvalue weighted by atomic mass is 9.98. The molecular formula is C16H15FN4O4S. The van der Waals surface area contributed by atoms with Gasteiger partial charge in [-0.3, -0.25) is 14.4 Å². The number of benzene rings is 1. The second-order valence-corrected chi connectivity index (χ2v) is 6.78. The SMILES string of the molecule is O=C(Nc1ccc(F)cc1)c1nnc(C(=O)N2CCCC(C(=O)O)C2)s1. The van der Waals surface area contributed by atoms with Crippen molar-refractivity contribution < 1.29 is 23.9 Å². The van der Waals surface area contributed by atoms with E-state index in [1.54, 1.807) is 0 Å². The van der Waals surface area contributed by atoms with Crippen molar-refractivity contribution in [3.05, 3.63) is 40.1 Å². The molecule has 1 atom stereocenters. The molecule has 3 rings (SSSR count). The van der Waals surface area contributed by atoms with Crippen LogP contribution in [0.2, 0.25) is 0 Å². The molecule has 0 aliphatic carbocycles. The Balaban J connectivity index is 1.66. The van der Waals surface area contributed by atoms with E-state index >= 15 is 0 Å². The second-order valence-electron chi connectivity index (χ2n) is 5.80. The first-order valence-corrected chi connectivity index (χ1v) is 8.68. The first-order valence-electron chi connectivity index (χ1n) is 7.86. The molecule has 0 bridgehead atoms. The van der Waals surface area contributed by atoms with Gasteiger partial charge in [0.1, 0.15) is 5.82 Å². The minimum Gasteiger partial charge on any atom is -0.481 e. The fraction of sp³-hybridized carbons (Fsp3) is 0.312. The summed E-state index contributed by atoms with van der Waals surface area (Å²) in [5, 5.41) is 19.1. The van der Waals surface area contributed by atoms with E-state index in [0.29, 0.717) is 25.1 Å². The number of carbonyl (C=O) groups excluding carboxylic acids is 2. The van der Waals surface area contributed by atoms with Crippen LogP contribution in [0, 0.1) is 11.7 Å². The topological polar surface area (TPSA) is 112 Å². The number of carbonyl (C=O) groups is 3. The van der Waals surface area contributed by atoms with Gasteiger partial charge in [-0.25, -0.2) is 4.39 Å². The number of hydrogen-bond donors (Lipinski definition) is 2. The largest absolute Gasteiger partial charge is 0.481 e. The number of nitrogens with one attached hydrogen (secondary N) is 1. The lowest BCUT2D eigenvalue weighted by molar-refractivity contribution is -0.143. The number of carboxylic acid groups (broad SMARTS) is 1. The molecule has 0 spiro atoms. The molecule has 2 amide bonds. The maximum absolute atomic E-state index is 12.9. The Morgan fingerprint density at radius 1 is 1.19 bits per heavy atom. The lowest BCUT2D eigenvalue weighted by Gasteiger charge is -2.29. The van der Waals surface area contributed by atoms with Crippen LogP contribution in [0.25, 0.3) is 0 Å². The normalized spacial score (nSPS) is 17.0. The van der Waals surface area contributed by atoms with Gasteiger partial charge < -0.3 is 15.3 Å². The van der Waals surface area contributed by atoms with Crippen LogP contribution in [0.3, 0.4) is 0 Å². The van der Waals surface area contributed by atoms with Gasteiger partial charge in [0.15, 0.2) is 0 Å². The Hall–Kier alpha value is -2.88. The highest BCUT2D eigenvalue weighted by atomic mass is 32.1. The number of rotatable bonds is 4. The van der Waals surface area contributed by atoms with Crippen LogP contribution in [-0.4, -0.2) is 51.1 Å². The summed E-state index contributed by atoms with van der Waals surface area (Å²) < 4.78 is 12.9. The van der Waals surface area contributed by atoms with Crippen LogP contribution in [0.1, 0.15) is 32.4 Å². The highest BCUT2D eigenvalue weighted by Crippen LogP contribution is 2.21. The zero-order valence-electron chi connectivity index (χ0n) is 13.5. The molecule has 2 aromatic rings. The lowest BCUT2D eigenvalue weighted by Crippen LogP contribution is -2.42. The van der Waals surface area contributed by atoms with Gasteiger partial charge in [0.25, 0.3) is 11.8 Å². The number of aromatic nitrogens is 2. The van der Waals surface area contributed by atoms with Gasteiger partial charge >= 0.3 is 5.97 Å². The number of carboxylic acids is 1. The zero-order chi connectivity index (χ0) is 18.7. The molecule has 0 saturated carbocycles. The first-order chi connectivity index (χ1) is 12.4. The molecule has 1 aliphatic rings. The van der Waals surface area contributed by atoms with E-state index in [0.717, 1.165) is 11.3 Å². The van der Waals surface area contributed by atoms with Crippen LogP contribution in [0.15, 0.2) is 24.3 Å². The van der Waals surface area contributed by atoms with E-state index in [1.165, 1.54) is 29.2 Å². The summed E-state index contributed by atoms with van der Waals surface area (Å²) in [6.45, 7) is 0.560. The minimum absolute atomic E-state index is 0.00975. The molecule has 1 aliphatic heterocycles. The van der Waals surface area contributed by atoms with Crippen molar-refractivity contribution in [3.8, 4) is 0 Å². The smallest absolute Gasteiger partial charge is 0.308 e. The van der Waals surface area contributed by atoms with Gasteiger partial charge in [-0.1, -0.05) is 11.3 Å². The van der Waals surface area contributed by atoms with Gasteiger partial charge in [-0.05, 0) is 37.1 Å². The molecule has 10 heteroatoms. The zero-order valence-corrected chi connectivity index (χ0v) is 14.3. The molecular weight excluding hydrogens is 363 g/mol. The van der Waals surface area contributed by atoms with Gasteiger partial charge in [0.2, 0.25) is 10.0 Å². The third kappa shape index (κ3) is 4.02. The van der Waals surface area contributed by atoms with Gasteiger partial charge in [-0.2, -0.15) is 0 Å². The van der Waals surface area contributed by atoms with Crippen molar-refractivity contribution in [3.63, 3.8) is 0 Å². The molecule has 8 nitrogen and oxygen atoms in total. The van der Waals surface area contributed by atoms with E-state index in [2.05, 4.69) is 15.5 Å². The van der Waals surface area contributed by atoms with Crippen molar-refractivity contribution in [1.82, 2.24) is 15.1 Å². The summed E-state index contributed by atoms with van der Waals surface area (Å²) in [7, 11) is 0. The molecule has 1 aromatic heterocycles. The van der Waals surface area contributed by atoms with Crippen LogP contribution < -0.4 is 5.32 Å². The molecule has 1 fully saturated rings.